The first kappa shape index (κ1) is 16.8. The molecule has 4 N–H and O–H groups in total. The summed E-state index contributed by atoms with van der Waals surface area (Å²) in [6.07, 6.45) is 0.409. The lowest BCUT2D eigenvalue weighted by Gasteiger charge is -2.08. The Morgan fingerprint density at radius 2 is 1.96 bits per heavy atom. The number of nitrogens with zero attached hydrogens (tertiary/aromatic N) is 2. The summed E-state index contributed by atoms with van der Waals surface area (Å²) in [6, 6.07) is 11.9. The molecule has 0 amide bonds. The summed E-state index contributed by atoms with van der Waals surface area (Å²) in [4.78, 5) is 12.7. The Bertz CT molecular complexity index is 906. The van der Waals surface area contributed by atoms with Gasteiger partial charge in [0.05, 0.1) is 17.9 Å². The number of benzene rings is 2. The van der Waals surface area contributed by atoms with Crippen molar-refractivity contribution >= 4 is 11.6 Å². The van der Waals surface area contributed by atoms with Crippen molar-refractivity contribution < 1.29 is 19.4 Å². The Hall–Kier alpha value is -3.03. The summed E-state index contributed by atoms with van der Waals surface area (Å²) in [5.74, 6) is -0.695. The number of rotatable bonds is 5. The topological polar surface area (TPSA) is 101 Å². The van der Waals surface area contributed by atoms with E-state index in [1.807, 2.05) is 0 Å². The van der Waals surface area contributed by atoms with Crippen LogP contribution in [0.25, 0.3) is 5.69 Å². The summed E-state index contributed by atoms with van der Waals surface area (Å²) in [6.45, 7) is -0.442. The number of nitrogen functional groups attached to an aromatic ring is 1. The first-order valence-electron chi connectivity index (χ1n) is 7.54. The van der Waals surface area contributed by atoms with Gasteiger partial charge in [0, 0.05) is 11.8 Å². The van der Waals surface area contributed by atoms with E-state index in [2.05, 4.69) is 5.10 Å². The van der Waals surface area contributed by atoms with Crippen LogP contribution in [0.5, 0.6) is 0 Å². The second-order valence-corrected chi connectivity index (χ2v) is 5.50. The maximum absolute atomic E-state index is 13.0. The molecule has 0 saturated heterocycles. The molecule has 1 atom stereocenters. The number of aromatic nitrogens is 2. The zero-order valence-corrected chi connectivity index (χ0v) is 13.1. The Morgan fingerprint density at radius 1 is 1.24 bits per heavy atom. The number of nitrogens with two attached hydrogens (primary N) is 1. The van der Waals surface area contributed by atoms with Crippen molar-refractivity contribution in [3.05, 3.63) is 77.2 Å². The van der Waals surface area contributed by atoms with Crippen LogP contribution in [0.3, 0.4) is 0 Å². The van der Waals surface area contributed by atoms with Crippen molar-refractivity contribution in [1.82, 2.24) is 9.78 Å². The van der Waals surface area contributed by atoms with Crippen molar-refractivity contribution in [2.75, 3.05) is 12.3 Å². The van der Waals surface area contributed by atoms with E-state index in [4.69, 9.17) is 10.8 Å². The summed E-state index contributed by atoms with van der Waals surface area (Å²) in [5.41, 5.74) is 7.36. The Labute approximate surface area is 143 Å². The van der Waals surface area contributed by atoms with Gasteiger partial charge in [-0.2, -0.15) is 0 Å². The number of halogens is 1. The van der Waals surface area contributed by atoms with Gasteiger partial charge in [0.1, 0.15) is 11.9 Å². The molecule has 0 fully saturated rings. The van der Waals surface area contributed by atoms with Crippen LogP contribution in [0, 0.1) is 5.82 Å². The molecule has 2 aromatic carbocycles. The van der Waals surface area contributed by atoms with E-state index >= 15 is 0 Å². The maximum Gasteiger partial charge on any atom is 0.198 e. The lowest BCUT2D eigenvalue weighted by atomic mass is 10.0. The van der Waals surface area contributed by atoms with E-state index in [1.54, 1.807) is 18.2 Å². The quantitative estimate of drug-likeness (QED) is 0.615. The fourth-order valence-corrected chi connectivity index (χ4v) is 2.44. The zero-order chi connectivity index (χ0) is 18.0. The van der Waals surface area contributed by atoms with Crippen LogP contribution >= 0.6 is 0 Å². The standard InChI is InChI=1S/C18H16FN3O3/c19-13-4-6-14(7-5-13)22-9-15(18(20)21-22)17(25)12-3-1-2-11(8-12)16(24)10-23/h1-9,16,23-24H,10H2,(H2,20,21). The van der Waals surface area contributed by atoms with Gasteiger partial charge in [-0.25, -0.2) is 9.07 Å². The molecule has 0 spiro atoms. The second-order valence-electron chi connectivity index (χ2n) is 5.50. The smallest absolute Gasteiger partial charge is 0.198 e. The van der Waals surface area contributed by atoms with Crippen LogP contribution in [0.1, 0.15) is 27.6 Å². The third-order valence-electron chi connectivity index (χ3n) is 3.79. The normalized spacial score (nSPS) is 12.1. The monoisotopic (exact) mass is 341 g/mol. The summed E-state index contributed by atoms with van der Waals surface area (Å²) in [7, 11) is 0. The van der Waals surface area contributed by atoms with Gasteiger partial charge in [-0.05, 0) is 35.9 Å². The highest BCUT2D eigenvalue weighted by Gasteiger charge is 2.18. The number of ketones is 1. The summed E-state index contributed by atoms with van der Waals surface area (Å²) in [5, 5.41) is 22.8. The zero-order valence-electron chi connectivity index (χ0n) is 13.1. The number of aliphatic hydroxyl groups is 2. The van der Waals surface area contributed by atoms with E-state index in [-0.39, 0.29) is 23.0 Å². The van der Waals surface area contributed by atoms with Gasteiger partial charge in [-0.15, -0.1) is 5.10 Å². The highest BCUT2D eigenvalue weighted by molar-refractivity contribution is 6.11. The van der Waals surface area contributed by atoms with E-state index in [0.717, 1.165) is 0 Å². The molecular weight excluding hydrogens is 325 g/mol. The number of carbonyl (C=O) groups excluding carboxylic acids is 1. The fraction of sp³-hybridized carbons (Fsp3) is 0.111. The highest BCUT2D eigenvalue weighted by atomic mass is 19.1. The van der Waals surface area contributed by atoms with Gasteiger partial charge < -0.3 is 15.9 Å². The van der Waals surface area contributed by atoms with E-state index in [0.29, 0.717) is 16.8 Å². The maximum atomic E-state index is 13.0. The van der Waals surface area contributed by atoms with Gasteiger partial charge in [-0.1, -0.05) is 18.2 Å². The Balaban J connectivity index is 1.94. The van der Waals surface area contributed by atoms with Gasteiger partial charge in [0.2, 0.25) is 0 Å². The Morgan fingerprint density at radius 3 is 2.64 bits per heavy atom. The largest absolute Gasteiger partial charge is 0.393 e. The van der Waals surface area contributed by atoms with E-state index < -0.39 is 12.7 Å². The van der Waals surface area contributed by atoms with Crippen LogP contribution in [0.4, 0.5) is 10.2 Å². The van der Waals surface area contributed by atoms with Crippen LogP contribution in [0.15, 0.2) is 54.7 Å². The third kappa shape index (κ3) is 3.42. The van der Waals surface area contributed by atoms with Gasteiger partial charge in [-0.3, -0.25) is 4.79 Å². The van der Waals surface area contributed by atoms with E-state index in [1.165, 1.54) is 41.2 Å². The van der Waals surface area contributed by atoms with Crippen molar-refractivity contribution in [2.45, 2.75) is 6.10 Å². The molecule has 128 valence electrons. The van der Waals surface area contributed by atoms with E-state index in [9.17, 15) is 14.3 Å². The van der Waals surface area contributed by atoms with Crippen molar-refractivity contribution in [2.24, 2.45) is 0 Å². The Kier molecular flexibility index (Phi) is 4.60. The minimum absolute atomic E-state index is 0.0439. The molecule has 7 heteroatoms. The highest BCUT2D eigenvalue weighted by Crippen LogP contribution is 2.21. The van der Waals surface area contributed by atoms with Crippen molar-refractivity contribution in [3.8, 4) is 5.69 Å². The molecule has 0 aliphatic heterocycles. The predicted octanol–water partition coefficient (Wildman–Crippen LogP) is 1.85. The molecule has 0 radical (unpaired) electrons. The fourth-order valence-electron chi connectivity index (χ4n) is 2.44. The first-order valence-corrected chi connectivity index (χ1v) is 7.54. The van der Waals surface area contributed by atoms with Crippen LogP contribution in [-0.2, 0) is 0 Å². The van der Waals surface area contributed by atoms with Crippen LogP contribution in [-0.4, -0.2) is 32.4 Å². The molecule has 1 unspecified atom stereocenters. The van der Waals surface area contributed by atoms with Gasteiger partial charge >= 0.3 is 0 Å². The molecule has 0 saturated carbocycles. The molecule has 1 heterocycles. The van der Waals surface area contributed by atoms with Crippen LogP contribution in [0.2, 0.25) is 0 Å². The van der Waals surface area contributed by atoms with Crippen LogP contribution < -0.4 is 5.73 Å². The molecule has 6 nitrogen and oxygen atoms in total. The minimum Gasteiger partial charge on any atom is -0.393 e. The number of carbonyl (C=O) groups is 1. The number of hydrogen-bond acceptors (Lipinski definition) is 5. The predicted molar refractivity (Wildman–Crippen MR) is 89.9 cm³/mol. The second kappa shape index (κ2) is 6.84. The number of anilines is 1. The third-order valence-corrected chi connectivity index (χ3v) is 3.79. The number of hydrogen-bond donors (Lipinski definition) is 3. The molecule has 3 aromatic rings. The first-order chi connectivity index (χ1) is 12.0. The molecule has 0 bridgehead atoms. The lowest BCUT2D eigenvalue weighted by Crippen LogP contribution is -2.07. The molecular formula is C18H16FN3O3. The lowest BCUT2D eigenvalue weighted by molar-refractivity contribution is 0.0952. The SMILES string of the molecule is Nc1nn(-c2ccc(F)cc2)cc1C(=O)c1cccc(C(O)CO)c1. The molecule has 25 heavy (non-hydrogen) atoms. The molecule has 3 rings (SSSR count). The average Bonchev–Trinajstić information content (AvgIpc) is 3.02. The van der Waals surface area contributed by atoms with Crippen molar-refractivity contribution in [3.63, 3.8) is 0 Å². The van der Waals surface area contributed by atoms with Crippen molar-refractivity contribution in [1.29, 1.82) is 0 Å². The van der Waals surface area contributed by atoms with Gasteiger partial charge in [0.15, 0.2) is 11.6 Å². The number of aliphatic hydroxyl groups excluding tert-OH is 2. The summed E-state index contributed by atoms with van der Waals surface area (Å²) < 4.78 is 14.4. The average molecular weight is 341 g/mol. The van der Waals surface area contributed by atoms with Gasteiger partial charge in [0.25, 0.3) is 0 Å². The summed E-state index contributed by atoms with van der Waals surface area (Å²) >= 11 is 0. The molecule has 0 aliphatic rings. The minimum atomic E-state index is -1.06. The molecule has 1 aromatic heterocycles. The molecule has 0 aliphatic carbocycles.